The average molecular weight is 232 g/mol. The maximum atomic E-state index is 4.34. The number of hydrogen-bond donors (Lipinski definition) is 2. The Kier molecular flexibility index (Phi) is 3.22. The third-order valence-electron chi connectivity index (χ3n) is 2.40. The topological polar surface area (TPSA) is 67.7 Å². The van der Waals surface area contributed by atoms with Gasteiger partial charge in [0.15, 0.2) is 0 Å². The Morgan fingerprint density at radius 3 is 2.88 bits per heavy atom. The summed E-state index contributed by atoms with van der Waals surface area (Å²) in [4.78, 5) is 8.48. The predicted molar refractivity (Wildman–Crippen MR) is 66.9 cm³/mol. The van der Waals surface area contributed by atoms with Gasteiger partial charge in [-0.15, -0.1) is 0 Å². The van der Waals surface area contributed by atoms with Crippen LogP contribution in [0.4, 0.5) is 11.8 Å². The Morgan fingerprint density at radius 2 is 2.24 bits per heavy atom. The van der Waals surface area contributed by atoms with Crippen LogP contribution in [-0.2, 0) is 13.6 Å². The Bertz CT molecular complexity index is 504. The molecule has 0 aliphatic carbocycles. The summed E-state index contributed by atoms with van der Waals surface area (Å²) in [7, 11) is 3.70. The van der Waals surface area contributed by atoms with Crippen molar-refractivity contribution in [1.29, 1.82) is 0 Å². The predicted octanol–water partition coefficient (Wildman–Crippen LogP) is 1.17. The van der Waals surface area contributed by atoms with Crippen molar-refractivity contribution in [1.82, 2.24) is 19.7 Å². The van der Waals surface area contributed by atoms with Crippen molar-refractivity contribution in [3.8, 4) is 0 Å². The summed E-state index contributed by atoms with van der Waals surface area (Å²) in [5.41, 5.74) is 2.00. The lowest BCUT2D eigenvalue weighted by molar-refractivity contribution is 0.747. The lowest BCUT2D eigenvalue weighted by Gasteiger charge is -2.08. The zero-order valence-corrected chi connectivity index (χ0v) is 10.2. The lowest BCUT2D eigenvalue weighted by atomic mass is 10.3. The van der Waals surface area contributed by atoms with Crippen LogP contribution in [0.1, 0.15) is 11.3 Å². The third kappa shape index (κ3) is 2.72. The van der Waals surface area contributed by atoms with Gasteiger partial charge < -0.3 is 10.6 Å². The molecule has 0 atom stereocenters. The van der Waals surface area contributed by atoms with Gasteiger partial charge in [0.25, 0.3) is 0 Å². The maximum Gasteiger partial charge on any atom is 0.224 e. The number of nitrogens with zero attached hydrogens (tertiary/aromatic N) is 4. The summed E-state index contributed by atoms with van der Waals surface area (Å²) in [5, 5.41) is 10.5. The maximum absolute atomic E-state index is 4.34. The lowest BCUT2D eigenvalue weighted by Crippen LogP contribution is -2.07. The fraction of sp³-hybridized carbons (Fsp3) is 0.364. The van der Waals surface area contributed by atoms with Crippen LogP contribution in [0.15, 0.2) is 18.5 Å². The number of aromatic nitrogens is 4. The quantitative estimate of drug-likeness (QED) is 0.828. The molecule has 2 rings (SSSR count). The van der Waals surface area contributed by atoms with E-state index in [1.807, 2.05) is 26.2 Å². The molecule has 0 spiro atoms. The largest absolute Gasteiger partial charge is 0.364 e. The van der Waals surface area contributed by atoms with Crippen molar-refractivity contribution >= 4 is 11.8 Å². The smallest absolute Gasteiger partial charge is 0.224 e. The molecule has 0 saturated carbocycles. The zero-order chi connectivity index (χ0) is 12.3. The molecule has 0 bridgehead atoms. The van der Waals surface area contributed by atoms with Crippen molar-refractivity contribution in [3.63, 3.8) is 0 Å². The molecule has 2 N–H and O–H groups in total. The van der Waals surface area contributed by atoms with Gasteiger partial charge in [-0.2, -0.15) is 10.1 Å². The molecule has 0 aliphatic rings. The molecule has 2 aromatic rings. The van der Waals surface area contributed by atoms with E-state index in [1.165, 1.54) is 0 Å². The second kappa shape index (κ2) is 4.82. The van der Waals surface area contributed by atoms with Gasteiger partial charge in [-0.25, -0.2) is 4.98 Å². The minimum atomic E-state index is 0.610. The molecule has 0 aromatic carbocycles. The zero-order valence-electron chi connectivity index (χ0n) is 10.2. The summed E-state index contributed by atoms with van der Waals surface area (Å²) in [5.74, 6) is 1.44. The van der Waals surface area contributed by atoms with Crippen LogP contribution in [-0.4, -0.2) is 26.8 Å². The first-order valence-electron chi connectivity index (χ1n) is 5.43. The highest BCUT2D eigenvalue weighted by Crippen LogP contribution is 2.12. The van der Waals surface area contributed by atoms with E-state index >= 15 is 0 Å². The van der Waals surface area contributed by atoms with E-state index in [-0.39, 0.29) is 0 Å². The molecule has 2 heterocycles. The van der Waals surface area contributed by atoms with E-state index in [4.69, 9.17) is 0 Å². The van der Waals surface area contributed by atoms with E-state index in [0.29, 0.717) is 12.5 Å². The van der Waals surface area contributed by atoms with Crippen molar-refractivity contribution in [2.24, 2.45) is 7.05 Å². The fourth-order valence-corrected chi connectivity index (χ4v) is 1.47. The molecular weight excluding hydrogens is 216 g/mol. The molecule has 0 fully saturated rings. The Hall–Kier alpha value is -2.11. The van der Waals surface area contributed by atoms with E-state index < -0.39 is 0 Å². The molecule has 0 unspecified atom stereocenters. The van der Waals surface area contributed by atoms with Crippen molar-refractivity contribution in [2.75, 3.05) is 17.7 Å². The van der Waals surface area contributed by atoms with Crippen LogP contribution >= 0.6 is 0 Å². The van der Waals surface area contributed by atoms with Crippen LogP contribution in [0.2, 0.25) is 0 Å². The van der Waals surface area contributed by atoms with Gasteiger partial charge in [-0.3, -0.25) is 4.68 Å². The standard InChI is InChI=1S/C11H16N6/c1-8-6-14-11(12-2)15-10(8)13-7-9-4-5-17(3)16-9/h4-6H,7H2,1-3H3,(H2,12,13,14,15). The monoisotopic (exact) mass is 232 g/mol. The Labute approximate surface area is 100 Å². The van der Waals surface area contributed by atoms with E-state index in [0.717, 1.165) is 17.1 Å². The van der Waals surface area contributed by atoms with Gasteiger partial charge in [0.1, 0.15) is 5.82 Å². The van der Waals surface area contributed by atoms with Crippen molar-refractivity contribution in [2.45, 2.75) is 13.5 Å². The highest BCUT2D eigenvalue weighted by Gasteiger charge is 2.03. The second-order valence-corrected chi connectivity index (χ2v) is 3.81. The van der Waals surface area contributed by atoms with Gasteiger partial charge in [0.05, 0.1) is 12.2 Å². The molecule has 0 radical (unpaired) electrons. The molecule has 0 saturated heterocycles. The number of rotatable bonds is 4. The number of nitrogens with one attached hydrogen (secondary N) is 2. The highest BCUT2D eigenvalue weighted by molar-refractivity contribution is 5.46. The Morgan fingerprint density at radius 1 is 1.41 bits per heavy atom. The molecule has 90 valence electrons. The molecule has 6 nitrogen and oxygen atoms in total. The van der Waals surface area contributed by atoms with Gasteiger partial charge >= 0.3 is 0 Å². The van der Waals surface area contributed by atoms with Crippen molar-refractivity contribution < 1.29 is 0 Å². The summed E-state index contributed by atoms with van der Waals surface area (Å²) in [6.07, 6.45) is 3.71. The number of anilines is 2. The molecule has 2 aromatic heterocycles. The van der Waals surface area contributed by atoms with Crippen LogP contribution in [0.5, 0.6) is 0 Å². The summed E-state index contributed by atoms with van der Waals surface area (Å²) >= 11 is 0. The third-order valence-corrected chi connectivity index (χ3v) is 2.40. The van der Waals surface area contributed by atoms with Gasteiger partial charge in [-0.05, 0) is 13.0 Å². The van der Waals surface area contributed by atoms with E-state index in [9.17, 15) is 0 Å². The van der Waals surface area contributed by atoms with Crippen LogP contribution in [0.3, 0.4) is 0 Å². The average Bonchev–Trinajstić information content (AvgIpc) is 2.74. The molecule has 17 heavy (non-hydrogen) atoms. The minimum absolute atomic E-state index is 0.610. The highest BCUT2D eigenvalue weighted by atomic mass is 15.3. The van der Waals surface area contributed by atoms with Crippen LogP contribution < -0.4 is 10.6 Å². The first kappa shape index (κ1) is 11.4. The first-order chi connectivity index (χ1) is 8.19. The first-order valence-corrected chi connectivity index (χ1v) is 5.43. The number of hydrogen-bond acceptors (Lipinski definition) is 5. The van der Waals surface area contributed by atoms with E-state index in [1.54, 1.807) is 17.9 Å². The Balaban J connectivity index is 2.07. The summed E-state index contributed by atoms with van der Waals surface area (Å²) in [6, 6.07) is 1.97. The van der Waals surface area contributed by atoms with E-state index in [2.05, 4.69) is 25.7 Å². The summed E-state index contributed by atoms with van der Waals surface area (Å²) in [6.45, 7) is 2.63. The van der Waals surface area contributed by atoms with Gasteiger partial charge in [-0.1, -0.05) is 0 Å². The SMILES string of the molecule is CNc1ncc(C)c(NCc2ccn(C)n2)n1. The van der Waals surface area contributed by atoms with Crippen molar-refractivity contribution in [3.05, 3.63) is 29.7 Å². The van der Waals surface area contributed by atoms with Gasteiger partial charge in [0, 0.05) is 32.1 Å². The van der Waals surface area contributed by atoms with Crippen LogP contribution in [0, 0.1) is 6.92 Å². The molecule has 0 aliphatic heterocycles. The summed E-state index contributed by atoms with van der Waals surface area (Å²) < 4.78 is 1.78. The second-order valence-electron chi connectivity index (χ2n) is 3.81. The molecule has 6 heteroatoms. The van der Waals surface area contributed by atoms with Crippen LogP contribution in [0.25, 0.3) is 0 Å². The normalized spacial score (nSPS) is 10.3. The molecular formula is C11H16N6. The minimum Gasteiger partial charge on any atom is -0.364 e. The number of aryl methyl sites for hydroxylation is 2. The molecule has 0 amide bonds. The fourth-order valence-electron chi connectivity index (χ4n) is 1.47. The van der Waals surface area contributed by atoms with Gasteiger partial charge in [0.2, 0.25) is 5.95 Å².